The Kier molecular flexibility index (Phi) is 1.83. The molecule has 3 heteroatoms. The molecule has 1 aromatic rings. The van der Waals surface area contributed by atoms with E-state index in [0.29, 0.717) is 13.2 Å². The predicted molar refractivity (Wildman–Crippen MR) is 45.3 cm³/mol. The van der Waals surface area contributed by atoms with Gasteiger partial charge in [0.1, 0.15) is 0 Å². The third kappa shape index (κ3) is 1.21. The van der Waals surface area contributed by atoms with Crippen molar-refractivity contribution in [3.63, 3.8) is 0 Å². The number of hydrogen-bond donors (Lipinski definition) is 1. The Morgan fingerprint density at radius 2 is 2.42 bits per heavy atom. The first-order chi connectivity index (χ1) is 5.77. The normalized spacial score (nSPS) is 17.5. The molecule has 2 rings (SSSR count). The molecular weight excluding hydrogens is 152 g/mol. The van der Waals surface area contributed by atoms with Gasteiger partial charge in [0.2, 0.25) is 0 Å². The molecule has 12 heavy (non-hydrogen) atoms. The Labute approximate surface area is 71.6 Å². The first kappa shape index (κ1) is 7.71. The Bertz CT molecular complexity index is 297. The maximum absolute atomic E-state index is 5.73. The van der Waals surface area contributed by atoms with Crippen LogP contribution in [0.15, 0.2) is 12.3 Å². The van der Waals surface area contributed by atoms with Gasteiger partial charge in [0.25, 0.3) is 0 Å². The van der Waals surface area contributed by atoms with Crippen molar-refractivity contribution in [1.82, 2.24) is 4.98 Å². The van der Waals surface area contributed by atoms with Crippen molar-refractivity contribution in [2.24, 2.45) is 5.73 Å². The molecule has 2 N–H and O–H groups in total. The van der Waals surface area contributed by atoms with Crippen LogP contribution in [0.3, 0.4) is 0 Å². The van der Waals surface area contributed by atoms with Gasteiger partial charge in [-0.3, -0.25) is 4.98 Å². The Hall–Kier alpha value is -0.930. The Balaban J connectivity index is 2.39. The summed E-state index contributed by atoms with van der Waals surface area (Å²) < 4.78 is 5.25. The van der Waals surface area contributed by atoms with Crippen molar-refractivity contribution in [3.05, 3.63) is 29.1 Å². The second-order valence-corrected chi connectivity index (χ2v) is 3.16. The van der Waals surface area contributed by atoms with Crippen molar-refractivity contribution in [2.75, 3.05) is 0 Å². The van der Waals surface area contributed by atoms with Gasteiger partial charge in [-0.05, 0) is 18.6 Å². The second kappa shape index (κ2) is 2.84. The van der Waals surface area contributed by atoms with Gasteiger partial charge in [-0.25, -0.2) is 0 Å². The second-order valence-electron chi connectivity index (χ2n) is 3.16. The van der Waals surface area contributed by atoms with Crippen LogP contribution >= 0.6 is 0 Å². The molecule has 0 aliphatic carbocycles. The zero-order chi connectivity index (χ0) is 8.55. The summed E-state index contributed by atoms with van der Waals surface area (Å²) in [6.45, 7) is 3.29. The molecule has 0 saturated heterocycles. The zero-order valence-electron chi connectivity index (χ0n) is 7.08. The highest BCUT2D eigenvalue weighted by Gasteiger charge is 2.13. The van der Waals surface area contributed by atoms with Crippen molar-refractivity contribution < 1.29 is 4.74 Å². The quantitative estimate of drug-likeness (QED) is 0.676. The molecule has 0 bridgehead atoms. The molecule has 0 saturated carbocycles. The molecule has 1 atom stereocenters. The lowest BCUT2D eigenvalue weighted by Crippen LogP contribution is -2.06. The number of hydrogen-bond acceptors (Lipinski definition) is 3. The molecular formula is C9H12N2O. The summed E-state index contributed by atoms with van der Waals surface area (Å²) in [6.07, 6.45) is 1.83. The van der Waals surface area contributed by atoms with Crippen molar-refractivity contribution in [1.29, 1.82) is 0 Å². The minimum absolute atomic E-state index is 0.0587. The Morgan fingerprint density at radius 3 is 3.17 bits per heavy atom. The average Bonchev–Trinajstić information content (AvgIpc) is 2.49. The van der Waals surface area contributed by atoms with Gasteiger partial charge in [-0.1, -0.05) is 0 Å². The number of fused-ring (bicyclic) bond motifs is 1. The largest absolute Gasteiger partial charge is 0.370 e. The molecule has 0 spiro atoms. The van der Waals surface area contributed by atoms with E-state index in [1.807, 2.05) is 13.1 Å². The third-order valence-electron chi connectivity index (χ3n) is 2.10. The zero-order valence-corrected chi connectivity index (χ0v) is 7.08. The molecule has 0 amide bonds. The van der Waals surface area contributed by atoms with E-state index >= 15 is 0 Å². The van der Waals surface area contributed by atoms with Crippen molar-refractivity contribution in [3.8, 4) is 0 Å². The maximum atomic E-state index is 5.73. The van der Waals surface area contributed by atoms with E-state index < -0.39 is 0 Å². The van der Waals surface area contributed by atoms with E-state index in [1.54, 1.807) is 0 Å². The van der Waals surface area contributed by atoms with Crippen LogP contribution in [0.1, 0.15) is 29.8 Å². The lowest BCUT2D eigenvalue weighted by Gasteiger charge is -2.05. The van der Waals surface area contributed by atoms with Crippen LogP contribution in [0.25, 0.3) is 0 Å². The molecule has 64 valence electrons. The van der Waals surface area contributed by atoms with E-state index in [2.05, 4.69) is 11.1 Å². The van der Waals surface area contributed by atoms with Gasteiger partial charge in [-0.15, -0.1) is 0 Å². The molecule has 2 heterocycles. The summed E-state index contributed by atoms with van der Waals surface area (Å²) in [4.78, 5) is 4.28. The fourth-order valence-electron chi connectivity index (χ4n) is 1.32. The summed E-state index contributed by atoms with van der Waals surface area (Å²) in [5.74, 6) is 0. The molecule has 1 unspecified atom stereocenters. The maximum Gasteiger partial charge on any atom is 0.0896 e. The SMILES string of the molecule is CC(N)c1cnc2c(c1)COC2. The van der Waals surface area contributed by atoms with E-state index in [4.69, 9.17) is 10.5 Å². The minimum Gasteiger partial charge on any atom is -0.370 e. The van der Waals surface area contributed by atoms with Crippen molar-refractivity contribution in [2.45, 2.75) is 26.2 Å². The smallest absolute Gasteiger partial charge is 0.0896 e. The molecule has 0 aromatic carbocycles. The lowest BCUT2D eigenvalue weighted by molar-refractivity contribution is 0.133. The standard InChI is InChI=1S/C9H12N2O/c1-6(10)7-2-8-4-12-5-9(8)11-3-7/h2-3,6H,4-5,10H2,1H3. The van der Waals surface area contributed by atoms with Crippen molar-refractivity contribution >= 4 is 0 Å². The number of rotatable bonds is 1. The number of aromatic nitrogens is 1. The molecule has 1 aromatic heterocycles. The highest BCUT2D eigenvalue weighted by atomic mass is 16.5. The van der Waals surface area contributed by atoms with Gasteiger partial charge >= 0.3 is 0 Å². The van der Waals surface area contributed by atoms with Gasteiger partial charge < -0.3 is 10.5 Å². The summed E-state index contributed by atoms with van der Waals surface area (Å²) in [6, 6.07) is 2.14. The number of nitrogens with two attached hydrogens (primary N) is 1. The highest BCUT2D eigenvalue weighted by Crippen LogP contribution is 2.20. The average molecular weight is 164 g/mol. The fraction of sp³-hybridized carbons (Fsp3) is 0.444. The topological polar surface area (TPSA) is 48.1 Å². The summed E-state index contributed by atoms with van der Waals surface area (Å²) in [7, 11) is 0. The number of ether oxygens (including phenoxy) is 1. The minimum atomic E-state index is 0.0587. The van der Waals surface area contributed by atoms with Crippen LogP contribution < -0.4 is 5.73 Å². The molecule has 1 aliphatic rings. The first-order valence-electron chi connectivity index (χ1n) is 4.08. The molecule has 3 nitrogen and oxygen atoms in total. The highest BCUT2D eigenvalue weighted by molar-refractivity contribution is 5.27. The van der Waals surface area contributed by atoms with Crippen LogP contribution in [-0.2, 0) is 18.0 Å². The van der Waals surface area contributed by atoms with Crippen LogP contribution in [0.5, 0.6) is 0 Å². The Morgan fingerprint density at radius 1 is 1.58 bits per heavy atom. The van der Waals surface area contributed by atoms with Crippen LogP contribution in [0.2, 0.25) is 0 Å². The summed E-state index contributed by atoms with van der Waals surface area (Å²) in [5.41, 5.74) is 9.05. The first-order valence-corrected chi connectivity index (χ1v) is 4.08. The third-order valence-corrected chi connectivity index (χ3v) is 2.10. The van der Waals surface area contributed by atoms with Gasteiger partial charge in [0.05, 0.1) is 18.9 Å². The van der Waals surface area contributed by atoms with Crippen LogP contribution in [-0.4, -0.2) is 4.98 Å². The summed E-state index contributed by atoms with van der Waals surface area (Å²) in [5, 5.41) is 0. The van der Waals surface area contributed by atoms with E-state index in [9.17, 15) is 0 Å². The van der Waals surface area contributed by atoms with E-state index in [1.165, 1.54) is 5.56 Å². The van der Waals surface area contributed by atoms with E-state index in [-0.39, 0.29) is 6.04 Å². The lowest BCUT2D eigenvalue weighted by atomic mass is 10.1. The number of nitrogens with zero attached hydrogens (tertiary/aromatic N) is 1. The molecule has 0 radical (unpaired) electrons. The molecule has 1 aliphatic heterocycles. The monoisotopic (exact) mass is 164 g/mol. The molecule has 0 fully saturated rings. The van der Waals surface area contributed by atoms with Gasteiger partial charge in [0.15, 0.2) is 0 Å². The predicted octanol–water partition coefficient (Wildman–Crippen LogP) is 1.13. The van der Waals surface area contributed by atoms with E-state index in [0.717, 1.165) is 11.3 Å². The fourth-order valence-corrected chi connectivity index (χ4v) is 1.32. The van der Waals surface area contributed by atoms with Crippen LogP contribution in [0, 0.1) is 0 Å². The number of pyridine rings is 1. The summed E-state index contributed by atoms with van der Waals surface area (Å²) >= 11 is 0. The van der Waals surface area contributed by atoms with Gasteiger partial charge in [0, 0.05) is 17.8 Å². The van der Waals surface area contributed by atoms with Gasteiger partial charge in [-0.2, -0.15) is 0 Å². The van der Waals surface area contributed by atoms with Crippen LogP contribution in [0.4, 0.5) is 0 Å².